The summed E-state index contributed by atoms with van der Waals surface area (Å²) in [5.41, 5.74) is 2.54. The molecule has 3 aromatic rings. The molecule has 2 heterocycles. The summed E-state index contributed by atoms with van der Waals surface area (Å²) in [5, 5.41) is 13.0. The van der Waals surface area contributed by atoms with E-state index < -0.39 is 12.2 Å². The molecule has 2 atom stereocenters. The number of benzene rings is 2. The van der Waals surface area contributed by atoms with Gasteiger partial charge in [0.15, 0.2) is 6.10 Å². The first-order chi connectivity index (χ1) is 14.1. The van der Waals surface area contributed by atoms with Gasteiger partial charge in [-0.1, -0.05) is 24.3 Å². The number of carbonyl (C=O) groups is 2. The van der Waals surface area contributed by atoms with Gasteiger partial charge in [0.05, 0.1) is 5.56 Å². The molecule has 2 amide bonds. The van der Waals surface area contributed by atoms with Crippen molar-refractivity contribution < 1.29 is 19.1 Å². The number of cyclic esters (lactones) is 1. The fourth-order valence-corrected chi connectivity index (χ4v) is 4.09. The second-order valence-corrected chi connectivity index (χ2v) is 7.06. The molecule has 0 radical (unpaired) electrons. The molecule has 1 aromatic heterocycles. The maximum absolute atomic E-state index is 12.0. The molecule has 0 bridgehead atoms. The highest BCUT2D eigenvalue weighted by Gasteiger charge is 2.42. The number of aryl methyl sites for hydroxylation is 1. The summed E-state index contributed by atoms with van der Waals surface area (Å²) in [5.74, 6) is 0.513. The number of alkyl carbamates (subject to hydrolysis) is 1. The molecule has 1 aliphatic carbocycles. The molecule has 0 saturated carbocycles. The third-order valence-electron chi connectivity index (χ3n) is 5.42. The summed E-state index contributed by atoms with van der Waals surface area (Å²) in [4.78, 5) is 27.6. The molecule has 2 aliphatic rings. The van der Waals surface area contributed by atoms with Gasteiger partial charge in [0.25, 0.3) is 5.91 Å². The quantitative estimate of drug-likeness (QED) is 0.740. The van der Waals surface area contributed by atoms with E-state index in [1.807, 2.05) is 42.5 Å². The zero-order chi connectivity index (χ0) is 20.0. The van der Waals surface area contributed by atoms with E-state index >= 15 is 0 Å². The van der Waals surface area contributed by atoms with Gasteiger partial charge in [-0.25, -0.2) is 9.78 Å². The normalized spacial score (nSPS) is 20.1. The SMILES string of the molecule is N#Cc1cnc(Oc2ccc3c(c2)CC[C@H]3[C@@H]2OC(=O)NC2=O)c2ccccc12. The lowest BCUT2D eigenvalue weighted by molar-refractivity contribution is -0.124. The Hall–Kier alpha value is -3.92. The summed E-state index contributed by atoms with van der Waals surface area (Å²) in [6.45, 7) is 0. The number of nitrogens with zero attached hydrogens (tertiary/aromatic N) is 2. The van der Waals surface area contributed by atoms with Gasteiger partial charge in [-0.3, -0.25) is 10.1 Å². The Morgan fingerprint density at radius 1 is 1.17 bits per heavy atom. The molecule has 7 nitrogen and oxygen atoms in total. The van der Waals surface area contributed by atoms with Gasteiger partial charge in [-0.2, -0.15) is 5.26 Å². The van der Waals surface area contributed by atoms with Crippen LogP contribution in [0.2, 0.25) is 0 Å². The van der Waals surface area contributed by atoms with Crippen LogP contribution < -0.4 is 10.1 Å². The number of nitrogens with one attached hydrogen (secondary N) is 1. The van der Waals surface area contributed by atoms with E-state index in [4.69, 9.17) is 9.47 Å². The number of pyridine rings is 1. The van der Waals surface area contributed by atoms with Gasteiger partial charge >= 0.3 is 6.09 Å². The molecule has 0 unspecified atom stereocenters. The summed E-state index contributed by atoms with van der Waals surface area (Å²) >= 11 is 0. The van der Waals surface area contributed by atoms with E-state index in [0.29, 0.717) is 17.2 Å². The van der Waals surface area contributed by atoms with E-state index in [0.717, 1.165) is 34.7 Å². The van der Waals surface area contributed by atoms with Crippen LogP contribution >= 0.6 is 0 Å². The average molecular weight is 385 g/mol. The summed E-state index contributed by atoms with van der Waals surface area (Å²) in [7, 11) is 0. The minimum atomic E-state index is -0.778. The number of aromatic nitrogens is 1. The number of imide groups is 1. The van der Waals surface area contributed by atoms with Crippen LogP contribution in [0.1, 0.15) is 29.0 Å². The van der Waals surface area contributed by atoms with E-state index in [1.54, 1.807) is 0 Å². The Morgan fingerprint density at radius 3 is 2.76 bits per heavy atom. The number of hydrogen-bond acceptors (Lipinski definition) is 6. The van der Waals surface area contributed by atoms with Crippen LogP contribution in [0.3, 0.4) is 0 Å². The number of carbonyl (C=O) groups excluding carboxylic acids is 2. The van der Waals surface area contributed by atoms with E-state index in [-0.39, 0.29) is 11.8 Å². The highest BCUT2D eigenvalue weighted by Crippen LogP contribution is 2.40. The van der Waals surface area contributed by atoms with Crippen molar-refractivity contribution in [2.75, 3.05) is 0 Å². The highest BCUT2D eigenvalue weighted by atomic mass is 16.6. The zero-order valence-electron chi connectivity index (χ0n) is 15.2. The molecule has 5 rings (SSSR count). The number of hydrogen-bond donors (Lipinski definition) is 1. The Labute approximate surface area is 165 Å². The van der Waals surface area contributed by atoms with Crippen molar-refractivity contribution in [2.24, 2.45) is 0 Å². The Kier molecular flexibility index (Phi) is 3.91. The van der Waals surface area contributed by atoms with E-state index in [1.165, 1.54) is 6.20 Å². The molecule has 2 aromatic carbocycles. The third-order valence-corrected chi connectivity index (χ3v) is 5.42. The Morgan fingerprint density at radius 2 is 2.00 bits per heavy atom. The maximum Gasteiger partial charge on any atom is 0.414 e. The van der Waals surface area contributed by atoms with Gasteiger partial charge in [0, 0.05) is 22.9 Å². The van der Waals surface area contributed by atoms with E-state index in [2.05, 4.69) is 16.4 Å². The van der Waals surface area contributed by atoms with Crippen molar-refractivity contribution in [3.8, 4) is 17.7 Å². The van der Waals surface area contributed by atoms with Crippen LogP contribution in [0.5, 0.6) is 11.6 Å². The molecule has 142 valence electrons. The summed E-state index contributed by atoms with van der Waals surface area (Å²) < 4.78 is 11.2. The van der Waals surface area contributed by atoms with Crippen LogP contribution in [0.15, 0.2) is 48.7 Å². The first-order valence-electron chi connectivity index (χ1n) is 9.24. The number of fused-ring (bicyclic) bond motifs is 2. The van der Waals surface area contributed by atoms with Crippen LogP contribution in [0.25, 0.3) is 10.8 Å². The van der Waals surface area contributed by atoms with Crippen LogP contribution in [-0.2, 0) is 16.0 Å². The predicted molar refractivity (Wildman–Crippen MR) is 102 cm³/mol. The topological polar surface area (TPSA) is 101 Å². The number of rotatable bonds is 3. The monoisotopic (exact) mass is 385 g/mol. The Balaban J connectivity index is 1.45. The molecule has 0 spiro atoms. The lowest BCUT2D eigenvalue weighted by atomic mass is 9.95. The van der Waals surface area contributed by atoms with E-state index in [9.17, 15) is 14.9 Å². The molecule has 1 N–H and O–H groups in total. The van der Waals surface area contributed by atoms with Crippen LogP contribution in [0, 0.1) is 11.3 Å². The van der Waals surface area contributed by atoms with Crippen molar-refractivity contribution in [2.45, 2.75) is 24.9 Å². The Bertz CT molecular complexity index is 1210. The number of ether oxygens (including phenoxy) is 2. The zero-order valence-corrected chi connectivity index (χ0v) is 15.2. The number of amides is 2. The molecular formula is C22H15N3O4. The first-order valence-corrected chi connectivity index (χ1v) is 9.24. The maximum atomic E-state index is 12.0. The predicted octanol–water partition coefficient (Wildman–Crippen LogP) is 3.56. The van der Waals surface area contributed by atoms with Crippen molar-refractivity contribution in [3.05, 3.63) is 65.4 Å². The largest absolute Gasteiger partial charge is 0.438 e. The van der Waals surface area contributed by atoms with Gasteiger partial charge in [-0.05, 0) is 42.2 Å². The molecule has 29 heavy (non-hydrogen) atoms. The second-order valence-electron chi connectivity index (χ2n) is 7.06. The average Bonchev–Trinajstić information content (AvgIpc) is 3.29. The fraction of sp³-hybridized carbons (Fsp3) is 0.182. The smallest absolute Gasteiger partial charge is 0.414 e. The van der Waals surface area contributed by atoms with Gasteiger partial charge < -0.3 is 9.47 Å². The molecule has 1 aliphatic heterocycles. The van der Waals surface area contributed by atoms with Gasteiger partial charge in [0.1, 0.15) is 11.8 Å². The highest BCUT2D eigenvalue weighted by molar-refractivity contribution is 6.00. The summed E-state index contributed by atoms with van der Waals surface area (Å²) in [6, 6.07) is 15.3. The standard InChI is InChI=1S/C22H15N3O4/c23-10-13-11-24-21(18-4-2-1-3-15(13)18)28-14-6-8-16-12(9-14)5-7-17(16)19-20(26)25-22(27)29-19/h1-4,6,8-9,11,17,19H,5,7H2,(H,25,26,27)/t17-,19+/m1/s1. The third kappa shape index (κ3) is 2.86. The lowest BCUT2D eigenvalue weighted by Crippen LogP contribution is -2.28. The van der Waals surface area contributed by atoms with Gasteiger partial charge in [0.2, 0.25) is 5.88 Å². The lowest BCUT2D eigenvalue weighted by Gasteiger charge is -2.16. The minimum Gasteiger partial charge on any atom is -0.438 e. The van der Waals surface area contributed by atoms with Gasteiger partial charge in [-0.15, -0.1) is 0 Å². The molecule has 7 heteroatoms. The van der Waals surface area contributed by atoms with Crippen LogP contribution in [-0.4, -0.2) is 23.1 Å². The fourth-order valence-electron chi connectivity index (χ4n) is 4.09. The van der Waals surface area contributed by atoms with Crippen molar-refractivity contribution in [1.82, 2.24) is 10.3 Å². The number of nitriles is 1. The minimum absolute atomic E-state index is 0.153. The van der Waals surface area contributed by atoms with Crippen LogP contribution in [0.4, 0.5) is 4.79 Å². The summed E-state index contributed by atoms with van der Waals surface area (Å²) in [6.07, 6.45) is 1.53. The van der Waals surface area contributed by atoms with Crippen molar-refractivity contribution in [3.63, 3.8) is 0 Å². The molecule has 1 saturated heterocycles. The van der Waals surface area contributed by atoms with Crippen molar-refractivity contribution >= 4 is 22.8 Å². The molecular weight excluding hydrogens is 370 g/mol. The van der Waals surface area contributed by atoms with Crippen molar-refractivity contribution in [1.29, 1.82) is 5.26 Å². The first kappa shape index (κ1) is 17.2. The second kappa shape index (κ2) is 6.60. The molecule has 1 fully saturated rings.